The fraction of sp³-hybridized carbons (Fsp3) is 0. The number of nitrogens with zero attached hydrogens (tertiary/aromatic N) is 1. The summed E-state index contributed by atoms with van der Waals surface area (Å²) >= 11 is 1.87. The average molecular weight is 720 g/mol. The molecule has 0 atom stereocenters. The van der Waals surface area contributed by atoms with Gasteiger partial charge in [0.1, 0.15) is 11.2 Å². The Morgan fingerprint density at radius 1 is 0.382 bits per heavy atom. The Morgan fingerprint density at radius 2 is 0.982 bits per heavy atom. The first-order valence-electron chi connectivity index (χ1n) is 18.7. The zero-order valence-corrected chi connectivity index (χ0v) is 30.6. The molecule has 2 heterocycles. The first-order chi connectivity index (χ1) is 27.3. The highest BCUT2D eigenvalue weighted by Crippen LogP contribution is 2.50. The third-order valence-electron chi connectivity index (χ3n) is 10.9. The van der Waals surface area contributed by atoms with E-state index in [2.05, 4.69) is 205 Å². The predicted octanol–water partition coefficient (Wildman–Crippen LogP) is 15.6. The molecule has 0 saturated heterocycles. The molecule has 0 spiro atoms. The summed E-state index contributed by atoms with van der Waals surface area (Å²) in [6.45, 7) is 0. The van der Waals surface area contributed by atoms with Crippen LogP contribution >= 0.6 is 11.3 Å². The summed E-state index contributed by atoms with van der Waals surface area (Å²) < 4.78 is 9.35. The summed E-state index contributed by atoms with van der Waals surface area (Å²) in [4.78, 5) is 2.45. The van der Waals surface area contributed by atoms with Crippen molar-refractivity contribution < 1.29 is 4.42 Å². The van der Waals surface area contributed by atoms with Gasteiger partial charge in [0.15, 0.2) is 0 Å². The lowest BCUT2D eigenvalue weighted by Crippen LogP contribution is -2.11. The topological polar surface area (TPSA) is 16.4 Å². The van der Waals surface area contributed by atoms with Crippen LogP contribution in [0.4, 0.5) is 17.1 Å². The number of hydrogen-bond donors (Lipinski definition) is 0. The molecule has 0 unspecified atom stereocenters. The maximum absolute atomic E-state index is 6.80. The number of benzene rings is 9. The number of anilines is 3. The molecule has 0 N–H and O–H groups in total. The maximum Gasteiger partial charge on any atom is 0.145 e. The van der Waals surface area contributed by atoms with Crippen LogP contribution < -0.4 is 4.90 Å². The van der Waals surface area contributed by atoms with Crippen molar-refractivity contribution in [2.24, 2.45) is 0 Å². The molecule has 0 amide bonds. The Bertz CT molecular complexity index is 3190. The van der Waals surface area contributed by atoms with E-state index >= 15 is 0 Å². The fourth-order valence-corrected chi connectivity index (χ4v) is 9.64. The first-order valence-corrected chi connectivity index (χ1v) is 19.5. The molecule has 9 aromatic carbocycles. The number of para-hydroxylation sites is 1. The minimum Gasteiger partial charge on any atom is -0.455 e. The molecule has 2 nitrogen and oxygen atoms in total. The first kappa shape index (κ1) is 31.6. The highest BCUT2D eigenvalue weighted by molar-refractivity contribution is 7.26. The van der Waals surface area contributed by atoms with Gasteiger partial charge in [0.2, 0.25) is 0 Å². The second-order valence-electron chi connectivity index (χ2n) is 14.0. The molecule has 0 bridgehead atoms. The van der Waals surface area contributed by atoms with E-state index in [0.717, 1.165) is 50.1 Å². The molecule has 0 saturated carbocycles. The Labute approximate surface area is 322 Å². The van der Waals surface area contributed by atoms with Crippen molar-refractivity contribution in [2.75, 3.05) is 4.90 Å². The summed E-state index contributed by atoms with van der Waals surface area (Å²) in [5.41, 5.74) is 12.1. The molecule has 0 radical (unpaired) electrons. The molecule has 11 rings (SSSR count). The molecule has 11 aromatic rings. The number of hydrogen-bond acceptors (Lipinski definition) is 3. The second-order valence-corrected chi connectivity index (χ2v) is 15.1. The van der Waals surface area contributed by atoms with Gasteiger partial charge in [-0.15, -0.1) is 11.3 Å². The van der Waals surface area contributed by atoms with Crippen molar-refractivity contribution in [2.45, 2.75) is 0 Å². The molecule has 3 heteroatoms. The van der Waals surface area contributed by atoms with E-state index in [1.165, 1.54) is 53.2 Å². The SMILES string of the molecule is c1ccc(-c2ccc(N(c3ccc(-c4cccc5ccccc45)cc3)c3cccc4sc5c(-c6ccccc6)cccc5c34)c3c2oc2ccccc23)cc1. The zero-order valence-electron chi connectivity index (χ0n) is 29.8. The molecule has 0 aliphatic carbocycles. The number of fused-ring (bicyclic) bond motifs is 7. The Balaban J connectivity index is 1.20. The van der Waals surface area contributed by atoms with Gasteiger partial charge in [0, 0.05) is 36.8 Å². The smallest absolute Gasteiger partial charge is 0.145 e. The van der Waals surface area contributed by atoms with Crippen LogP contribution in [-0.4, -0.2) is 0 Å². The van der Waals surface area contributed by atoms with E-state index in [-0.39, 0.29) is 0 Å². The fourth-order valence-electron chi connectivity index (χ4n) is 8.38. The van der Waals surface area contributed by atoms with Crippen LogP contribution in [0, 0.1) is 0 Å². The van der Waals surface area contributed by atoms with Gasteiger partial charge < -0.3 is 9.32 Å². The monoisotopic (exact) mass is 719 g/mol. The number of rotatable bonds is 6. The Hall–Kier alpha value is -6.94. The van der Waals surface area contributed by atoms with Gasteiger partial charge in [0.05, 0.1) is 16.8 Å². The molecular formula is C52H33NOS. The van der Waals surface area contributed by atoms with Crippen LogP contribution in [0.5, 0.6) is 0 Å². The van der Waals surface area contributed by atoms with Crippen LogP contribution in [0.3, 0.4) is 0 Å². The van der Waals surface area contributed by atoms with Gasteiger partial charge in [-0.05, 0) is 81.1 Å². The Kier molecular flexibility index (Phi) is 7.39. The van der Waals surface area contributed by atoms with Crippen molar-refractivity contribution in [1.29, 1.82) is 0 Å². The molecule has 0 fully saturated rings. The summed E-state index contributed by atoms with van der Waals surface area (Å²) in [7, 11) is 0. The van der Waals surface area contributed by atoms with E-state index in [9.17, 15) is 0 Å². The van der Waals surface area contributed by atoms with E-state index in [4.69, 9.17) is 4.42 Å². The van der Waals surface area contributed by atoms with Crippen molar-refractivity contribution in [3.8, 4) is 33.4 Å². The predicted molar refractivity (Wildman–Crippen MR) is 235 cm³/mol. The summed E-state index contributed by atoms with van der Waals surface area (Å²) in [6.07, 6.45) is 0. The van der Waals surface area contributed by atoms with Crippen molar-refractivity contribution >= 4 is 81.3 Å². The summed E-state index contributed by atoms with van der Waals surface area (Å²) in [5.74, 6) is 0. The molecule has 0 aliphatic rings. The lowest BCUT2D eigenvalue weighted by molar-refractivity contribution is 0.670. The van der Waals surface area contributed by atoms with Gasteiger partial charge in [-0.1, -0.05) is 158 Å². The highest BCUT2D eigenvalue weighted by Gasteiger charge is 2.25. The van der Waals surface area contributed by atoms with Crippen LogP contribution in [0.2, 0.25) is 0 Å². The standard InChI is InChI=1S/C52H33NOS/c1-3-14-35(15-4-1)41-32-33-46(50-43-21-9-10-26-47(43)54-51(41)50)53(38-30-28-37(29-31-38)40-22-11-19-34-18-7-8-20-39(34)40)45-25-13-27-48-49(45)44-24-12-23-42(52(44)55-48)36-16-5-2-6-17-36/h1-33H. The van der Waals surface area contributed by atoms with Crippen LogP contribution in [0.25, 0.3) is 86.3 Å². The normalized spacial score (nSPS) is 11.6. The van der Waals surface area contributed by atoms with E-state index in [1.54, 1.807) is 0 Å². The highest BCUT2D eigenvalue weighted by atomic mass is 32.1. The quantitative estimate of drug-likeness (QED) is 0.170. The minimum absolute atomic E-state index is 0.875. The molecule has 55 heavy (non-hydrogen) atoms. The minimum atomic E-state index is 0.875. The second kappa shape index (κ2) is 12.9. The van der Waals surface area contributed by atoms with Crippen molar-refractivity contribution in [3.63, 3.8) is 0 Å². The van der Waals surface area contributed by atoms with Gasteiger partial charge in [-0.3, -0.25) is 0 Å². The summed E-state index contributed by atoms with van der Waals surface area (Å²) in [5, 5.41) is 7.17. The lowest BCUT2D eigenvalue weighted by Gasteiger charge is -2.28. The van der Waals surface area contributed by atoms with Crippen LogP contribution in [0.1, 0.15) is 0 Å². The number of thiophene rings is 1. The van der Waals surface area contributed by atoms with Crippen molar-refractivity contribution in [3.05, 3.63) is 200 Å². The molecule has 258 valence electrons. The summed E-state index contributed by atoms with van der Waals surface area (Å²) in [6, 6.07) is 72.0. The third kappa shape index (κ3) is 5.16. The van der Waals surface area contributed by atoms with Gasteiger partial charge in [-0.2, -0.15) is 0 Å². The largest absolute Gasteiger partial charge is 0.455 e. The van der Waals surface area contributed by atoms with E-state index in [1.807, 2.05) is 11.3 Å². The zero-order chi connectivity index (χ0) is 36.3. The molecule has 0 aliphatic heterocycles. The van der Waals surface area contributed by atoms with Gasteiger partial charge >= 0.3 is 0 Å². The molecular weight excluding hydrogens is 687 g/mol. The average Bonchev–Trinajstić information content (AvgIpc) is 3.84. The number of furan rings is 1. The van der Waals surface area contributed by atoms with E-state index in [0.29, 0.717) is 0 Å². The third-order valence-corrected chi connectivity index (χ3v) is 12.1. The van der Waals surface area contributed by atoms with Crippen LogP contribution in [0.15, 0.2) is 205 Å². The van der Waals surface area contributed by atoms with Gasteiger partial charge in [0.25, 0.3) is 0 Å². The Morgan fingerprint density at radius 3 is 1.80 bits per heavy atom. The van der Waals surface area contributed by atoms with Crippen molar-refractivity contribution in [1.82, 2.24) is 0 Å². The molecule has 2 aromatic heterocycles. The van der Waals surface area contributed by atoms with Gasteiger partial charge in [-0.25, -0.2) is 0 Å². The maximum atomic E-state index is 6.80. The van der Waals surface area contributed by atoms with Crippen LogP contribution in [-0.2, 0) is 0 Å². The lowest BCUT2D eigenvalue weighted by atomic mass is 9.97. The van der Waals surface area contributed by atoms with E-state index < -0.39 is 0 Å².